The minimum atomic E-state index is -0.633. The SMILES string of the molecule is CCCC(C)NC(=O)[C@@H]1[C@H]2C=C[C@@H](C)[C@@H](C(=O)OCC)[C@@H]2C(=O)N1CCCCO. The second-order valence-electron chi connectivity index (χ2n) is 8.23. The fourth-order valence-corrected chi connectivity index (χ4v) is 4.66. The van der Waals surface area contributed by atoms with E-state index >= 15 is 0 Å². The van der Waals surface area contributed by atoms with Gasteiger partial charge in [-0.1, -0.05) is 32.4 Å². The molecule has 7 nitrogen and oxygen atoms in total. The van der Waals surface area contributed by atoms with Crippen LogP contribution in [0.2, 0.25) is 0 Å². The van der Waals surface area contributed by atoms with Gasteiger partial charge in [0.15, 0.2) is 0 Å². The number of fused-ring (bicyclic) bond motifs is 1. The number of likely N-dealkylation sites (tertiary alicyclic amines) is 1. The lowest BCUT2D eigenvalue weighted by Crippen LogP contribution is -2.49. The number of unbranched alkanes of at least 4 members (excludes halogenated alkanes) is 1. The third-order valence-electron chi connectivity index (χ3n) is 6.02. The number of nitrogens with one attached hydrogen (secondary N) is 1. The van der Waals surface area contributed by atoms with Crippen molar-refractivity contribution >= 4 is 17.8 Å². The van der Waals surface area contributed by atoms with Crippen LogP contribution in [0.5, 0.6) is 0 Å². The molecule has 0 aromatic heterocycles. The molecule has 1 fully saturated rings. The Balaban J connectivity index is 2.33. The predicted octanol–water partition coefficient (Wildman–Crippen LogP) is 1.89. The lowest BCUT2D eigenvalue weighted by atomic mass is 9.70. The second kappa shape index (κ2) is 10.8. The maximum atomic E-state index is 13.4. The summed E-state index contributed by atoms with van der Waals surface area (Å²) in [6.45, 7) is 8.39. The maximum Gasteiger partial charge on any atom is 0.310 e. The molecule has 6 atom stereocenters. The van der Waals surface area contributed by atoms with Gasteiger partial charge in [0.2, 0.25) is 11.8 Å². The quantitative estimate of drug-likeness (QED) is 0.327. The van der Waals surface area contributed by atoms with Gasteiger partial charge >= 0.3 is 5.97 Å². The van der Waals surface area contributed by atoms with Gasteiger partial charge in [-0.2, -0.15) is 0 Å². The van der Waals surface area contributed by atoms with E-state index in [-0.39, 0.29) is 48.9 Å². The Labute approximate surface area is 173 Å². The summed E-state index contributed by atoms with van der Waals surface area (Å²) < 4.78 is 5.26. The number of hydrogen-bond donors (Lipinski definition) is 2. The number of rotatable bonds is 10. The molecule has 0 spiro atoms. The Hall–Kier alpha value is -1.89. The normalized spacial score (nSPS) is 29.5. The first kappa shape index (κ1) is 23.4. The molecule has 164 valence electrons. The molecular weight excluding hydrogens is 372 g/mol. The predicted molar refractivity (Wildman–Crippen MR) is 110 cm³/mol. The van der Waals surface area contributed by atoms with E-state index in [0.29, 0.717) is 19.4 Å². The van der Waals surface area contributed by atoms with E-state index in [1.165, 1.54) is 0 Å². The Bertz CT molecular complexity index is 620. The van der Waals surface area contributed by atoms with E-state index in [4.69, 9.17) is 9.84 Å². The summed E-state index contributed by atoms with van der Waals surface area (Å²) in [6, 6.07) is -0.612. The summed E-state index contributed by atoms with van der Waals surface area (Å²) in [4.78, 5) is 40.8. The number of carbonyl (C=O) groups excluding carboxylic acids is 3. The lowest BCUT2D eigenvalue weighted by Gasteiger charge is -2.32. The van der Waals surface area contributed by atoms with Gasteiger partial charge < -0.3 is 20.1 Å². The van der Waals surface area contributed by atoms with Crippen molar-refractivity contribution in [2.75, 3.05) is 19.8 Å². The fraction of sp³-hybridized carbons (Fsp3) is 0.773. The number of aliphatic hydroxyl groups is 1. The number of ether oxygens (including phenoxy) is 1. The first-order valence-corrected chi connectivity index (χ1v) is 10.9. The van der Waals surface area contributed by atoms with E-state index in [1.54, 1.807) is 11.8 Å². The zero-order chi connectivity index (χ0) is 21.6. The Morgan fingerprint density at radius 1 is 1.28 bits per heavy atom. The van der Waals surface area contributed by atoms with Crippen LogP contribution in [0.15, 0.2) is 12.2 Å². The molecule has 7 heteroatoms. The Kier molecular flexibility index (Phi) is 8.68. The highest BCUT2D eigenvalue weighted by atomic mass is 16.5. The van der Waals surface area contributed by atoms with Crippen molar-refractivity contribution in [1.82, 2.24) is 10.2 Å². The first-order valence-electron chi connectivity index (χ1n) is 10.9. The van der Waals surface area contributed by atoms with Crippen molar-refractivity contribution in [3.05, 3.63) is 12.2 Å². The molecule has 2 rings (SSSR count). The van der Waals surface area contributed by atoms with Gasteiger partial charge in [0.25, 0.3) is 0 Å². The van der Waals surface area contributed by atoms with Gasteiger partial charge in [-0.15, -0.1) is 0 Å². The second-order valence-corrected chi connectivity index (χ2v) is 8.23. The summed E-state index contributed by atoms with van der Waals surface area (Å²) in [5, 5.41) is 12.2. The van der Waals surface area contributed by atoms with E-state index in [0.717, 1.165) is 12.8 Å². The third-order valence-corrected chi connectivity index (χ3v) is 6.02. The molecule has 2 aliphatic rings. The first-order chi connectivity index (χ1) is 13.9. The highest BCUT2D eigenvalue weighted by Gasteiger charge is 2.56. The largest absolute Gasteiger partial charge is 0.466 e. The number of hydrogen-bond acceptors (Lipinski definition) is 5. The van der Waals surface area contributed by atoms with Crippen LogP contribution < -0.4 is 5.32 Å². The molecule has 0 saturated carbocycles. The van der Waals surface area contributed by atoms with Crippen LogP contribution in [0, 0.1) is 23.7 Å². The monoisotopic (exact) mass is 408 g/mol. The highest BCUT2D eigenvalue weighted by Crippen LogP contribution is 2.44. The minimum Gasteiger partial charge on any atom is -0.466 e. The van der Waals surface area contributed by atoms with Crippen LogP contribution in [0.25, 0.3) is 0 Å². The molecule has 1 unspecified atom stereocenters. The summed E-state index contributed by atoms with van der Waals surface area (Å²) in [6.07, 6.45) is 6.86. The Morgan fingerprint density at radius 2 is 2.00 bits per heavy atom. The van der Waals surface area contributed by atoms with Crippen LogP contribution in [0.3, 0.4) is 0 Å². The minimum absolute atomic E-state index is 0.0216. The van der Waals surface area contributed by atoms with Gasteiger partial charge in [-0.05, 0) is 39.0 Å². The lowest BCUT2D eigenvalue weighted by molar-refractivity contribution is -0.155. The van der Waals surface area contributed by atoms with Crippen molar-refractivity contribution in [3.8, 4) is 0 Å². The van der Waals surface area contributed by atoms with Gasteiger partial charge in [0.1, 0.15) is 6.04 Å². The number of carbonyl (C=O) groups is 3. The van der Waals surface area contributed by atoms with Crippen LogP contribution >= 0.6 is 0 Å². The molecule has 1 saturated heterocycles. The van der Waals surface area contributed by atoms with Gasteiger partial charge in [-0.3, -0.25) is 14.4 Å². The summed E-state index contributed by atoms with van der Waals surface area (Å²) in [5.74, 6) is -2.34. The molecule has 1 heterocycles. The molecule has 0 aromatic rings. The van der Waals surface area contributed by atoms with Crippen LogP contribution in [-0.2, 0) is 19.1 Å². The molecule has 2 amide bonds. The maximum absolute atomic E-state index is 13.4. The molecule has 0 aromatic carbocycles. The smallest absolute Gasteiger partial charge is 0.310 e. The van der Waals surface area contributed by atoms with Crippen LogP contribution in [-0.4, -0.2) is 59.6 Å². The molecule has 0 bridgehead atoms. The standard InChI is InChI=1S/C22H36N2O5/c1-5-9-15(4)23-20(26)19-16-11-10-14(3)17(22(28)29-6-2)18(16)21(27)24(19)12-7-8-13-25/h10-11,14-19,25H,5-9,12-13H2,1-4H3,(H,23,26)/t14-,15?,16+,17-,18-,19+/m1/s1. The average molecular weight is 409 g/mol. The molecule has 0 radical (unpaired) electrons. The van der Waals surface area contributed by atoms with E-state index in [2.05, 4.69) is 12.2 Å². The van der Waals surface area contributed by atoms with Crippen LogP contribution in [0.4, 0.5) is 0 Å². The number of aliphatic hydroxyl groups excluding tert-OH is 1. The van der Waals surface area contributed by atoms with E-state index in [1.807, 2.05) is 26.0 Å². The number of allylic oxidation sites excluding steroid dienone is 1. The summed E-state index contributed by atoms with van der Waals surface area (Å²) >= 11 is 0. The zero-order valence-corrected chi connectivity index (χ0v) is 18.1. The summed E-state index contributed by atoms with van der Waals surface area (Å²) in [7, 11) is 0. The van der Waals surface area contributed by atoms with Gasteiger partial charge in [0, 0.05) is 25.1 Å². The van der Waals surface area contributed by atoms with E-state index < -0.39 is 17.9 Å². The van der Waals surface area contributed by atoms with Gasteiger partial charge in [-0.25, -0.2) is 0 Å². The highest BCUT2D eigenvalue weighted by molar-refractivity contribution is 5.96. The van der Waals surface area contributed by atoms with Crippen LogP contribution in [0.1, 0.15) is 53.4 Å². The Morgan fingerprint density at radius 3 is 2.62 bits per heavy atom. The number of esters is 1. The van der Waals surface area contributed by atoms with Crippen molar-refractivity contribution in [3.63, 3.8) is 0 Å². The number of nitrogens with zero attached hydrogens (tertiary/aromatic N) is 1. The molecule has 1 aliphatic carbocycles. The zero-order valence-electron chi connectivity index (χ0n) is 18.1. The molecule has 2 N–H and O–H groups in total. The topological polar surface area (TPSA) is 95.9 Å². The van der Waals surface area contributed by atoms with Gasteiger partial charge in [0.05, 0.1) is 18.4 Å². The van der Waals surface area contributed by atoms with Crippen molar-refractivity contribution in [1.29, 1.82) is 0 Å². The molecular formula is C22H36N2O5. The van der Waals surface area contributed by atoms with Crippen molar-refractivity contribution < 1.29 is 24.2 Å². The molecule has 29 heavy (non-hydrogen) atoms. The molecule has 1 aliphatic heterocycles. The summed E-state index contributed by atoms with van der Waals surface area (Å²) in [5.41, 5.74) is 0. The van der Waals surface area contributed by atoms with E-state index in [9.17, 15) is 14.4 Å². The third kappa shape index (κ3) is 5.18. The fourth-order valence-electron chi connectivity index (χ4n) is 4.66. The van der Waals surface area contributed by atoms with Crippen molar-refractivity contribution in [2.24, 2.45) is 23.7 Å². The number of amides is 2. The average Bonchev–Trinajstić information content (AvgIpc) is 2.94. The van der Waals surface area contributed by atoms with Crippen molar-refractivity contribution in [2.45, 2.75) is 65.5 Å².